The molecule has 2 heteroatoms. The van der Waals surface area contributed by atoms with Crippen LogP contribution in [0.2, 0.25) is 0 Å². The monoisotopic (exact) mass is 364 g/mol. The lowest BCUT2D eigenvalue weighted by molar-refractivity contribution is 0.461. The summed E-state index contributed by atoms with van der Waals surface area (Å²) in [7, 11) is 0. The van der Waals surface area contributed by atoms with E-state index >= 15 is 0 Å². The third-order valence-corrected chi connectivity index (χ3v) is 5.46. The first kappa shape index (κ1) is 20.8. The van der Waals surface area contributed by atoms with Crippen LogP contribution in [0.3, 0.4) is 0 Å². The molecule has 2 N–H and O–H groups in total. The van der Waals surface area contributed by atoms with E-state index in [2.05, 4.69) is 66.8 Å². The minimum Gasteiger partial charge on any atom is -0.507 e. The summed E-state index contributed by atoms with van der Waals surface area (Å²) in [6.07, 6.45) is 3.40. The highest BCUT2D eigenvalue weighted by Crippen LogP contribution is 2.41. The highest BCUT2D eigenvalue weighted by Gasteiger charge is 2.27. The second-order valence-corrected chi connectivity index (χ2v) is 8.35. The van der Waals surface area contributed by atoms with Crippen LogP contribution in [0.1, 0.15) is 86.8 Å². The lowest BCUT2D eigenvalue weighted by Crippen LogP contribution is -2.20. The van der Waals surface area contributed by atoms with E-state index in [9.17, 15) is 10.2 Å². The fourth-order valence-electron chi connectivity index (χ4n) is 3.44. The summed E-state index contributed by atoms with van der Waals surface area (Å²) in [4.78, 5) is 0. The van der Waals surface area contributed by atoms with Gasteiger partial charge in [-0.05, 0) is 46.2 Å². The predicted molar refractivity (Wildman–Crippen MR) is 117 cm³/mol. The second kappa shape index (κ2) is 7.64. The van der Waals surface area contributed by atoms with Gasteiger partial charge >= 0.3 is 0 Å². The summed E-state index contributed by atoms with van der Waals surface area (Å²) >= 11 is 0. The van der Waals surface area contributed by atoms with E-state index in [-0.39, 0.29) is 17.3 Å². The Hall–Kier alpha value is -2.48. The number of benzene rings is 2. The van der Waals surface area contributed by atoms with E-state index in [4.69, 9.17) is 0 Å². The van der Waals surface area contributed by atoms with E-state index in [0.29, 0.717) is 11.5 Å². The molecule has 0 radical (unpaired) electrons. The van der Waals surface area contributed by atoms with Crippen LogP contribution in [0.5, 0.6) is 11.5 Å². The molecule has 2 nitrogen and oxygen atoms in total. The summed E-state index contributed by atoms with van der Waals surface area (Å²) in [6, 6.07) is 8.18. The van der Waals surface area contributed by atoms with Gasteiger partial charge in [0.1, 0.15) is 11.5 Å². The molecule has 0 saturated carbocycles. The molecule has 0 aliphatic rings. The molecule has 0 fully saturated rings. The molecule has 0 aliphatic carbocycles. The number of rotatable bonds is 6. The molecule has 0 aromatic heterocycles. The van der Waals surface area contributed by atoms with Gasteiger partial charge in [0.05, 0.1) is 0 Å². The summed E-state index contributed by atoms with van der Waals surface area (Å²) < 4.78 is 0. The molecule has 144 valence electrons. The Morgan fingerprint density at radius 2 is 1.07 bits per heavy atom. The van der Waals surface area contributed by atoms with Gasteiger partial charge in [-0.3, -0.25) is 0 Å². The largest absolute Gasteiger partial charge is 0.507 e. The zero-order valence-electron chi connectivity index (χ0n) is 17.4. The molecule has 0 unspecified atom stereocenters. The molecule has 0 saturated heterocycles. The molecule has 2 rings (SSSR count). The zero-order valence-corrected chi connectivity index (χ0v) is 17.4. The predicted octanol–water partition coefficient (Wildman–Crippen LogP) is 6.96. The average Bonchev–Trinajstić information content (AvgIpc) is 2.61. The third kappa shape index (κ3) is 3.80. The van der Waals surface area contributed by atoms with Crippen LogP contribution in [0.4, 0.5) is 0 Å². The molecule has 0 bridgehead atoms. The maximum absolute atomic E-state index is 10.5. The average molecular weight is 365 g/mol. The number of aromatic hydroxyl groups is 2. The molecule has 27 heavy (non-hydrogen) atoms. The lowest BCUT2D eigenvalue weighted by atomic mass is 9.74. The topological polar surface area (TPSA) is 40.5 Å². The van der Waals surface area contributed by atoms with Crippen molar-refractivity contribution >= 4 is 12.2 Å². The Morgan fingerprint density at radius 3 is 1.33 bits per heavy atom. The number of phenolic OH excluding ortho intramolecular Hbond substituents is 2. The van der Waals surface area contributed by atoms with Gasteiger partial charge in [-0.25, -0.2) is 0 Å². The minimum absolute atomic E-state index is 0.203. The van der Waals surface area contributed by atoms with Crippen LogP contribution >= 0.6 is 0 Å². The minimum atomic E-state index is -0.315. The quantitative estimate of drug-likeness (QED) is 0.582. The van der Waals surface area contributed by atoms with Gasteiger partial charge in [-0.2, -0.15) is 0 Å². The fraction of sp³-hybridized carbons (Fsp3) is 0.360. The van der Waals surface area contributed by atoms with E-state index in [1.54, 1.807) is 12.2 Å². The third-order valence-electron chi connectivity index (χ3n) is 5.46. The molecule has 0 aliphatic heterocycles. The normalized spacial score (nSPS) is 11.9. The Morgan fingerprint density at radius 1 is 0.741 bits per heavy atom. The molecular formula is C25H32O2. The van der Waals surface area contributed by atoms with Crippen molar-refractivity contribution in [1.82, 2.24) is 0 Å². The molecule has 0 amide bonds. The first-order chi connectivity index (χ1) is 12.5. The molecule has 0 spiro atoms. The van der Waals surface area contributed by atoms with Crippen molar-refractivity contribution in [2.24, 2.45) is 0 Å². The summed E-state index contributed by atoms with van der Waals surface area (Å²) in [6.45, 7) is 20.4. The van der Waals surface area contributed by atoms with E-state index in [1.807, 2.05) is 12.1 Å². The van der Waals surface area contributed by atoms with Gasteiger partial charge < -0.3 is 10.2 Å². The maximum Gasteiger partial charge on any atom is 0.126 e. The summed E-state index contributed by atoms with van der Waals surface area (Å²) in [5, 5.41) is 21.1. The standard InChI is InChI=1S/C25H32O2/c1-9-17-11-19(13-21(15(3)4)23(17)26)25(7,8)20-12-18(10-2)24(27)22(14-20)16(5)6/h9-16,26-27H,1-2H2,3-8H3. The Balaban J connectivity index is 2.76. The summed E-state index contributed by atoms with van der Waals surface area (Å²) in [5.41, 5.74) is 5.23. The van der Waals surface area contributed by atoms with Gasteiger partial charge in [0, 0.05) is 16.5 Å². The second-order valence-electron chi connectivity index (χ2n) is 8.35. The first-order valence-corrected chi connectivity index (χ1v) is 9.54. The lowest BCUT2D eigenvalue weighted by Gasteiger charge is -2.30. The van der Waals surface area contributed by atoms with Crippen molar-refractivity contribution in [1.29, 1.82) is 0 Å². The Kier molecular flexibility index (Phi) is 5.89. The van der Waals surface area contributed by atoms with Crippen molar-refractivity contribution in [2.45, 2.75) is 58.8 Å². The van der Waals surface area contributed by atoms with Gasteiger partial charge in [0.2, 0.25) is 0 Å². The van der Waals surface area contributed by atoms with Gasteiger partial charge in [0.25, 0.3) is 0 Å². The van der Waals surface area contributed by atoms with E-state index in [0.717, 1.165) is 33.4 Å². The number of phenols is 2. The van der Waals surface area contributed by atoms with Crippen LogP contribution in [0, 0.1) is 0 Å². The van der Waals surface area contributed by atoms with E-state index < -0.39 is 0 Å². The zero-order chi connectivity index (χ0) is 20.5. The summed E-state index contributed by atoms with van der Waals surface area (Å²) in [5.74, 6) is 1.02. The Labute approximate surface area is 163 Å². The van der Waals surface area contributed by atoms with Crippen molar-refractivity contribution in [3.8, 4) is 11.5 Å². The van der Waals surface area contributed by atoms with Gasteiger partial charge in [0.15, 0.2) is 0 Å². The van der Waals surface area contributed by atoms with E-state index in [1.165, 1.54) is 0 Å². The van der Waals surface area contributed by atoms with Crippen molar-refractivity contribution in [3.63, 3.8) is 0 Å². The highest BCUT2D eigenvalue weighted by molar-refractivity contribution is 5.64. The molecule has 2 aromatic rings. The van der Waals surface area contributed by atoms with Crippen molar-refractivity contribution in [3.05, 3.63) is 70.8 Å². The highest BCUT2D eigenvalue weighted by atomic mass is 16.3. The van der Waals surface area contributed by atoms with Gasteiger partial charge in [-0.1, -0.05) is 79.0 Å². The number of hydrogen-bond acceptors (Lipinski definition) is 2. The van der Waals surface area contributed by atoms with Crippen LogP contribution in [0.25, 0.3) is 12.2 Å². The molecule has 0 atom stereocenters. The number of hydrogen-bond donors (Lipinski definition) is 2. The van der Waals surface area contributed by atoms with Crippen LogP contribution in [-0.2, 0) is 5.41 Å². The van der Waals surface area contributed by atoms with Crippen LogP contribution in [0.15, 0.2) is 37.4 Å². The smallest absolute Gasteiger partial charge is 0.126 e. The first-order valence-electron chi connectivity index (χ1n) is 9.54. The molecule has 2 aromatic carbocycles. The SMILES string of the molecule is C=Cc1cc(C(C)(C)c2cc(C=C)c(O)c(C(C)C)c2)cc(C(C)C)c1O. The molecule has 0 heterocycles. The van der Waals surface area contributed by atoms with Crippen molar-refractivity contribution < 1.29 is 10.2 Å². The molecular weight excluding hydrogens is 332 g/mol. The maximum atomic E-state index is 10.5. The fourth-order valence-corrected chi connectivity index (χ4v) is 3.44. The Bertz CT molecular complexity index is 799. The van der Waals surface area contributed by atoms with Crippen LogP contribution in [-0.4, -0.2) is 10.2 Å². The van der Waals surface area contributed by atoms with Crippen molar-refractivity contribution in [2.75, 3.05) is 0 Å². The van der Waals surface area contributed by atoms with Crippen LogP contribution < -0.4 is 0 Å². The van der Waals surface area contributed by atoms with Gasteiger partial charge in [-0.15, -0.1) is 0 Å².